The number of hydrogen-bond acceptors (Lipinski definition) is 4. The molecular formula is C17H19N3O3. The quantitative estimate of drug-likeness (QED) is 0.916. The molecule has 1 atom stereocenters. The minimum Gasteiger partial charge on any atom is -0.454 e. The Labute approximate surface area is 134 Å². The summed E-state index contributed by atoms with van der Waals surface area (Å²) in [6, 6.07) is 5.62. The van der Waals surface area contributed by atoms with Crippen molar-refractivity contribution in [1.29, 1.82) is 0 Å². The lowest BCUT2D eigenvalue weighted by molar-refractivity contribution is -0.121. The van der Waals surface area contributed by atoms with E-state index < -0.39 is 0 Å². The molecular weight excluding hydrogens is 294 g/mol. The summed E-state index contributed by atoms with van der Waals surface area (Å²) >= 11 is 0. The van der Waals surface area contributed by atoms with E-state index in [0.717, 1.165) is 30.0 Å². The second-order valence-corrected chi connectivity index (χ2v) is 6.14. The molecule has 0 radical (unpaired) electrons. The summed E-state index contributed by atoms with van der Waals surface area (Å²) in [6.45, 7) is 0.244. The van der Waals surface area contributed by atoms with Gasteiger partial charge in [-0.25, -0.2) is 4.98 Å². The van der Waals surface area contributed by atoms with Gasteiger partial charge in [0.25, 0.3) is 0 Å². The molecule has 1 N–H and O–H groups in total. The molecule has 0 spiro atoms. The van der Waals surface area contributed by atoms with E-state index in [2.05, 4.69) is 10.3 Å². The van der Waals surface area contributed by atoms with Crippen LogP contribution in [0.4, 0.5) is 0 Å². The predicted octanol–water partition coefficient (Wildman–Crippen LogP) is 1.96. The Morgan fingerprint density at radius 3 is 2.96 bits per heavy atom. The van der Waals surface area contributed by atoms with E-state index in [1.165, 1.54) is 0 Å². The van der Waals surface area contributed by atoms with Gasteiger partial charge in [-0.3, -0.25) is 4.79 Å². The van der Waals surface area contributed by atoms with E-state index >= 15 is 0 Å². The van der Waals surface area contributed by atoms with Crippen molar-refractivity contribution in [2.45, 2.75) is 25.3 Å². The highest BCUT2D eigenvalue weighted by Gasteiger charge is 2.35. The highest BCUT2D eigenvalue weighted by molar-refractivity contribution is 5.79. The zero-order chi connectivity index (χ0) is 15.8. The van der Waals surface area contributed by atoms with Crippen molar-refractivity contribution in [2.24, 2.45) is 13.0 Å². The van der Waals surface area contributed by atoms with Gasteiger partial charge in [-0.05, 0) is 36.5 Å². The third-order valence-corrected chi connectivity index (χ3v) is 4.35. The van der Waals surface area contributed by atoms with Crippen LogP contribution < -0.4 is 14.8 Å². The van der Waals surface area contributed by atoms with Crippen molar-refractivity contribution < 1.29 is 14.3 Å². The van der Waals surface area contributed by atoms with Crippen LogP contribution in [0.5, 0.6) is 11.5 Å². The Bertz CT molecular complexity index is 736. The fraction of sp³-hybridized carbons (Fsp3) is 0.412. The molecule has 6 heteroatoms. The van der Waals surface area contributed by atoms with Crippen molar-refractivity contribution >= 4 is 5.91 Å². The number of aromatic nitrogens is 2. The Morgan fingerprint density at radius 2 is 2.22 bits per heavy atom. The van der Waals surface area contributed by atoms with Crippen LogP contribution in [0.2, 0.25) is 0 Å². The van der Waals surface area contributed by atoms with Crippen LogP contribution in [-0.2, 0) is 18.3 Å². The number of carbonyl (C=O) groups excluding carboxylic acids is 1. The molecule has 1 fully saturated rings. The highest BCUT2D eigenvalue weighted by atomic mass is 16.7. The molecule has 1 aromatic heterocycles. The van der Waals surface area contributed by atoms with Gasteiger partial charge in [0.2, 0.25) is 12.7 Å². The van der Waals surface area contributed by atoms with E-state index in [4.69, 9.17) is 9.47 Å². The number of fused-ring (bicyclic) bond motifs is 1. The summed E-state index contributed by atoms with van der Waals surface area (Å²) in [4.78, 5) is 16.8. The lowest BCUT2D eigenvalue weighted by Crippen LogP contribution is -2.32. The molecule has 4 rings (SSSR count). The number of amides is 1. The van der Waals surface area contributed by atoms with Gasteiger partial charge in [-0.15, -0.1) is 0 Å². The fourth-order valence-corrected chi connectivity index (χ4v) is 2.96. The van der Waals surface area contributed by atoms with Crippen LogP contribution in [0.1, 0.15) is 30.3 Å². The third kappa shape index (κ3) is 2.88. The first-order valence-corrected chi connectivity index (χ1v) is 7.86. The summed E-state index contributed by atoms with van der Waals surface area (Å²) in [6.07, 6.45) is 6.29. The summed E-state index contributed by atoms with van der Waals surface area (Å²) < 4.78 is 12.6. The van der Waals surface area contributed by atoms with Gasteiger partial charge in [-0.1, -0.05) is 6.07 Å². The minimum absolute atomic E-state index is 0.00323. The molecule has 0 saturated heterocycles. The summed E-state index contributed by atoms with van der Waals surface area (Å²) in [5.74, 6) is 2.86. The number of rotatable bonds is 5. The molecule has 0 unspecified atom stereocenters. The maximum atomic E-state index is 12.4. The maximum Gasteiger partial charge on any atom is 0.231 e. The standard InChI is InChI=1S/C17H19N3O3/c1-20-7-6-18-17(20)16(12-3-4-12)19-15(21)9-11-2-5-13-14(8-11)23-10-22-13/h2,5-8,12,16H,3-4,9-10H2,1H3,(H,19,21)/t16-/m0/s1. The molecule has 120 valence electrons. The van der Waals surface area contributed by atoms with Crippen molar-refractivity contribution in [3.8, 4) is 11.5 Å². The summed E-state index contributed by atoms with van der Waals surface area (Å²) in [5.41, 5.74) is 0.918. The van der Waals surface area contributed by atoms with Crippen molar-refractivity contribution in [2.75, 3.05) is 6.79 Å². The number of aryl methyl sites for hydroxylation is 1. The first-order chi connectivity index (χ1) is 11.2. The van der Waals surface area contributed by atoms with Crippen LogP contribution in [0.25, 0.3) is 0 Å². The van der Waals surface area contributed by atoms with Gasteiger partial charge in [0, 0.05) is 19.4 Å². The number of carbonyl (C=O) groups is 1. The molecule has 1 aliphatic heterocycles. The van der Waals surface area contributed by atoms with Gasteiger partial charge in [0.15, 0.2) is 11.5 Å². The van der Waals surface area contributed by atoms with Crippen LogP contribution in [0.3, 0.4) is 0 Å². The molecule has 1 aliphatic carbocycles. The summed E-state index contributed by atoms with van der Waals surface area (Å²) in [7, 11) is 1.96. The minimum atomic E-state index is -0.00323. The Balaban J connectivity index is 1.45. The van der Waals surface area contributed by atoms with Gasteiger partial charge in [0.1, 0.15) is 5.82 Å². The average molecular weight is 313 g/mol. The first kappa shape index (κ1) is 14.1. The largest absolute Gasteiger partial charge is 0.454 e. The van der Waals surface area contributed by atoms with Crippen LogP contribution in [0.15, 0.2) is 30.6 Å². The van der Waals surface area contributed by atoms with Gasteiger partial charge in [-0.2, -0.15) is 0 Å². The Hall–Kier alpha value is -2.50. The molecule has 6 nitrogen and oxygen atoms in total. The SMILES string of the molecule is Cn1ccnc1[C@@H](NC(=O)Cc1ccc2c(c1)OCO2)C1CC1. The number of benzene rings is 1. The van der Waals surface area contributed by atoms with Gasteiger partial charge < -0.3 is 19.4 Å². The molecule has 2 aromatic rings. The molecule has 0 bridgehead atoms. The molecule has 2 aliphatic rings. The second-order valence-electron chi connectivity index (χ2n) is 6.14. The van der Waals surface area contributed by atoms with E-state index in [-0.39, 0.29) is 18.7 Å². The Kier molecular flexibility index (Phi) is 3.44. The summed E-state index contributed by atoms with van der Waals surface area (Å²) in [5, 5.41) is 3.14. The lowest BCUT2D eigenvalue weighted by atomic mass is 10.1. The van der Waals surface area contributed by atoms with Crippen molar-refractivity contribution in [3.63, 3.8) is 0 Å². The van der Waals surface area contributed by atoms with Crippen molar-refractivity contribution in [1.82, 2.24) is 14.9 Å². The fourth-order valence-electron chi connectivity index (χ4n) is 2.96. The van der Waals surface area contributed by atoms with Crippen molar-refractivity contribution in [3.05, 3.63) is 42.0 Å². The lowest BCUT2D eigenvalue weighted by Gasteiger charge is -2.18. The number of imidazole rings is 1. The maximum absolute atomic E-state index is 12.4. The molecule has 23 heavy (non-hydrogen) atoms. The Morgan fingerprint density at radius 1 is 1.39 bits per heavy atom. The van der Waals surface area contributed by atoms with E-state index in [1.807, 2.05) is 36.0 Å². The zero-order valence-corrected chi connectivity index (χ0v) is 13.0. The topological polar surface area (TPSA) is 65.4 Å². The van der Waals surface area contributed by atoms with Crippen LogP contribution >= 0.6 is 0 Å². The van der Waals surface area contributed by atoms with Gasteiger partial charge in [0.05, 0.1) is 12.5 Å². The van der Waals surface area contributed by atoms with Gasteiger partial charge >= 0.3 is 0 Å². The van der Waals surface area contributed by atoms with Crippen LogP contribution in [0, 0.1) is 5.92 Å². The first-order valence-electron chi connectivity index (χ1n) is 7.86. The van der Waals surface area contributed by atoms with E-state index in [9.17, 15) is 4.79 Å². The average Bonchev–Trinajstić information content (AvgIpc) is 3.12. The number of ether oxygens (including phenoxy) is 2. The number of nitrogens with one attached hydrogen (secondary N) is 1. The van der Waals surface area contributed by atoms with Crippen LogP contribution in [-0.4, -0.2) is 22.3 Å². The number of hydrogen-bond donors (Lipinski definition) is 1. The van der Waals surface area contributed by atoms with E-state index in [1.54, 1.807) is 6.20 Å². The zero-order valence-electron chi connectivity index (χ0n) is 13.0. The third-order valence-electron chi connectivity index (χ3n) is 4.35. The number of nitrogens with zero attached hydrogens (tertiary/aromatic N) is 2. The molecule has 1 amide bonds. The van der Waals surface area contributed by atoms with E-state index in [0.29, 0.717) is 18.1 Å². The second kappa shape index (κ2) is 5.61. The predicted molar refractivity (Wildman–Crippen MR) is 83.1 cm³/mol. The molecule has 1 saturated carbocycles. The molecule has 1 aromatic carbocycles. The smallest absolute Gasteiger partial charge is 0.231 e. The monoisotopic (exact) mass is 313 g/mol. The molecule has 2 heterocycles. The normalized spacial score (nSPS) is 17.1. The highest BCUT2D eigenvalue weighted by Crippen LogP contribution is 2.40.